The number of oxazole rings is 1. The van der Waals surface area contributed by atoms with Crippen molar-refractivity contribution in [3.8, 4) is 11.5 Å². The average Bonchev–Trinajstić information content (AvgIpc) is 3.14. The summed E-state index contributed by atoms with van der Waals surface area (Å²) >= 11 is 0. The first-order valence-corrected chi connectivity index (χ1v) is 8.16. The molecular weight excluding hydrogens is 311 g/mol. The molecule has 0 spiro atoms. The van der Waals surface area contributed by atoms with E-state index in [0.717, 1.165) is 25.7 Å². The standard InChI is InChI=1S/C18H21FN2O3/c1-12-15(10-16(22)20-11-18(23)8-2-3-9-18)21-17(24-12)13-4-6-14(19)7-5-13/h4-7,23H,2-3,8-11H2,1H3,(H,20,22). The van der Waals surface area contributed by atoms with Crippen molar-refractivity contribution in [2.75, 3.05) is 6.54 Å². The zero-order valence-corrected chi connectivity index (χ0v) is 13.6. The van der Waals surface area contributed by atoms with Gasteiger partial charge in [-0.1, -0.05) is 12.8 Å². The first-order chi connectivity index (χ1) is 11.5. The molecule has 0 unspecified atom stereocenters. The number of amides is 1. The summed E-state index contributed by atoms with van der Waals surface area (Å²) in [5.41, 5.74) is 0.435. The summed E-state index contributed by atoms with van der Waals surface area (Å²) in [7, 11) is 0. The molecule has 0 aliphatic heterocycles. The zero-order valence-electron chi connectivity index (χ0n) is 13.6. The summed E-state index contributed by atoms with van der Waals surface area (Å²) in [6, 6.07) is 5.84. The van der Waals surface area contributed by atoms with E-state index in [1.54, 1.807) is 19.1 Å². The Morgan fingerprint density at radius 2 is 2.00 bits per heavy atom. The van der Waals surface area contributed by atoms with E-state index in [1.165, 1.54) is 12.1 Å². The van der Waals surface area contributed by atoms with Crippen LogP contribution < -0.4 is 5.32 Å². The van der Waals surface area contributed by atoms with Crippen LogP contribution in [0.5, 0.6) is 0 Å². The topological polar surface area (TPSA) is 75.4 Å². The minimum absolute atomic E-state index is 0.0899. The van der Waals surface area contributed by atoms with Gasteiger partial charge < -0.3 is 14.8 Å². The quantitative estimate of drug-likeness (QED) is 0.883. The number of aryl methyl sites for hydroxylation is 1. The van der Waals surface area contributed by atoms with Crippen LogP contribution in [0.1, 0.15) is 37.1 Å². The molecular formula is C18H21FN2O3. The van der Waals surface area contributed by atoms with Gasteiger partial charge in [0.15, 0.2) is 0 Å². The minimum Gasteiger partial charge on any atom is -0.441 e. The van der Waals surface area contributed by atoms with Gasteiger partial charge in [0.2, 0.25) is 11.8 Å². The number of hydrogen-bond donors (Lipinski definition) is 2. The van der Waals surface area contributed by atoms with E-state index in [1.807, 2.05) is 0 Å². The number of carbonyl (C=O) groups excluding carboxylic acids is 1. The molecule has 1 amide bonds. The SMILES string of the molecule is Cc1oc(-c2ccc(F)cc2)nc1CC(=O)NCC1(O)CCCC1. The number of nitrogens with one attached hydrogen (secondary N) is 1. The van der Waals surface area contributed by atoms with Crippen LogP contribution >= 0.6 is 0 Å². The van der Waals surface area contributed by atoms with Gasteiger partial charge in [-0.05, 0) is 44.0 Å². The maximum absolute atomic E-state index is 13.0. The molecule has 0 radical (unpaired) electrons. The van der Waals surface area contributed by atoms with E-state index in [-0.39, 0.29) is 24.7 Å². The van der Waals surface area contributed by atoms with Crippen molar-refractivity contribution in [2.24, 2.45) is 0 Å². The number of aromatic nitrogens is 1. The number of rotatable bonds is 5. The lowest BCUT2D eigenvalue weighted by Gasteiger charge is -2.22. The third-order valence-electron chi connectivity index (χ3n) is 4.46. The summed E-state index contributed by atoms with van der Waals surface area (Å²) in [5.74, 6) is 0.401. The van der Waals surface area contributed by atoms with Crippen LogP contribution in [0.15, 0.2) is 28.7 Å². The number of halogens is 1. The van der Waals surface area contributed by atoms with Crippen molar-refractivity contribution in [1.82, 2.24) is 10.3 Å². The Morgan fingerprint density at radius 1 is 1.33 bits per heavy atom. The Hall–Kier alpha value is -2.21. The van der Waals surface area contributed by atoms with Crippen molar-refractivity contribution in [1.29, 1.82) is 0 Å². The third-order valence-corrected chi connectivity index (χ3v) is 4.46. The molecule has 1 aliphatic carbocycles. The van der Waals surface area contributed by atoms with E-state index in [2.05, 4.69) is 10.3 Å². The summed E-state index contributed by atoms with van der Waals surface area (Å²) in [6.07, 6.45) is 3.54. The minimum atomic E-state index is -0.770. The number of hydrogen-bond acceptors (Lipinski definition) is 4. The Kier molecular flexibility index (Phi) is 4.66. The van der Waals surface area contributed by atoms with Crippen molar-refractivity contribution in [3.63, 3.8) is 0 Å². The van der Waals surface area contributed by atoms with E-state index >= 15 is 0 Å². The van der Waals surface area contributed by atoms with Crippen LogP contribution in [-0.2, 0) is 11.2 Å². The van der Waals surface area contributed by atoms with Crippen LogP contribution in [0.4, 0.5) is 4.39 Å². The molecule has 1 fully saturated rings. The highest BCUT2D eigenvalue weighted by molar-refractivity contribution is 5.78. The van der Waals surface area contributed by atoms with Crippen LogP contribution in [0.3, 0.4) is 0 Å². The van der Waals surface area contributed by atoms with E-state index in [9.17, 15) is 14.3 Å². The molecule has 6 heteroatoms. The van der Waals surface area contributed by atoms with Gasteiger partial charge in [-0.15, -0.1) is 0 Å². The lowest BCUT2D eigenvalue weighted by molar-refractivity contribution is -0.121. The van der Waals surface area contributed by atoms with E-state index in [0.29, 0.717) is 22.9 Å². The Morgan fingerprint density at radius 3 is 2.67 bits per heavy atom. The lowest BCUT2D eigenvalue weighted by Crippen LogP contribution is -2.41. The molecule has 1 saturated carbocycles. The fourth-order valence-electron chi connectivity index (χ4n) is 3.00. The molecule has 2 aromatic rings. The monoisotopic (exact) mass is 332 g/mol. The van der Waals surface area contributed by atoms with Crippen LogP contribution in [-0.4, -0.2) is 28.1 Å². The molecule has 2 N–H and O–H groups in total. The summed E-state index contributed by atoms with van der Waals surface area (Å²) in [4.78, 5) is 16.4. The lowest BCUT2D eigenvalue weighted by atomic mass is 10.0. The largest absolute Gasteiger partial charge is 0.441 e. The van der Waals surface area contributed by atoms with Crippen molar-refractivity contribution < 1.29 is 18.7 Å². The molecule has 0 atom stereocenters. The Bertz CT molecular complexity index is 718. The summed E-state index contributed by atoms with van der Waals surface area (Å²) in [6.45, 7) is 2.01. The summed E-state index contributed by atoms with van der Waals surface area (Å²) in [5, 5.41) is 13.0. The highest BCUT2D eigenvalue weighted by atomic mass is 19.1. The highest BCUT2D eigenvalue weighted by Crippen LogP contribution is 2.28. The fraction of sp³-hybridized carbons (Fsp3) is 0.444. The average molecular weight is 332 g/mol. The van der Waals surface area contributed by atoms with Gasteiger partial charge in [-0.3, -0.25) is 4.79 Å². The molecule has 0 saturated heterocycles. The second-order valence-electron chi connectivity index (χ2n) is 6.41. The second-order valence-corrected chi connectivity index (χ2v) is 6.41. The Balaban J connectivity index is 1.62. The van der Waals surface area contributed by atoms with Crippen LogP contribution in [0.25, 0.3) is 11.5 Å². The van der Waals surface area contributed by atoms with E-state index < -0.39 is 5.60 Å². The van der Waals surface area contributed by atoms with Crippen molar-refractivity contribution in [3.05, 3.63) is 41.5 Å². The Labute approximate surface area is 139 Å². The van der Waals surface area contributed by atoms with Crippen molar-refractivity contribution >= 4 is 5.91 Å². The second kappa shape index (κ2) is 6.73. The molecule has 5 nitrogen and oxygen atoms in total. The number of carbonyl (C=O) groups is 1. The number of nitrogens with zero attached hydrogens (tertiary/aromatic N) is 1. The first kappa shape index (κ1) is 16.6. The molecule has 1 heterocycles. The molecule has 24 heavy (non-hydrogen) atoms. The molecule has 1 aromatic carbocycles. The maximum Gasteiger partial charge on any atom is 0.226 e. The van der Waals surface area contributed by atoms with Gasteiger partial charge in [0.1, 0.15) is 11.6 Å². The van der Waals surface area contributed by atoms with Gasteiger partial charge in [0.25, 0.3) is 0 Å². The zero-order chi connectivity index (χ0) is 17.2. The predicted molar refractivity (Wildman–Crippen MR) is 86.8 cm³/mol. The van der Waals surface area contributed by atoms with E-state index in [4.69, 9.17) is 4.42 Å². The highest BCUT2D eigenvalue weighted by Gasteiger charge is 2.31. The molecule has 1 aliphatic rings. The smallest absolute Gasteiger partial charge is 0.226 e. The van der Waals surface area contributed by atoms with Gasteiger partial charge in [-0.2, -0.15) is 0 Å². The number of benzene rings is 1. The van der Waals surface area contributed by atoms with Crippen LogP contribution in [0, 0.1) is 12.7 Å². The first-order valence-electron chi connectivity index (χ1n) is 8.16. The number of aliphatic hydroxyl groups is 1. The van der Waals surface area contributed by atoms with Gasteiger partial charge in [0.05, 0.1) is 17.7 Å². The maximum atomic E-state index is 13.0. The van der Waals surface area contributed by atoms with Gasteiger partial charge in [-0.25, -0.2) is 9.37 Å². The molecule has 0 bridgehead atoms. The predicted octanol–water partition coefficient (Wildman–Crippen LogP) is 2.75. The fourth-order valence-corrected chi connectivity index (χ4v) is 3.00. The normalized spacial score (nSPS) is 16.3. The van der Waals surface area contributed by atoms with Gasteiger partial charge in [0, 0.05) is 12.1 Å². The molecule has 1 aromatic heterocycles. The summed E-state index contributed by atoms with van der Waals surface area (Å²) < 4.78 is 18.6. The third kappa shape index (κ3) is 3.82. The van der Waals surface area contributed by atoms with Gasteiger partial charge >= 0.3 is 0 Å². The molecule has 3 rings (SSSR count). The molecule has 128 valence electrons. The van der Waals surface area contributed by atoms with Crippen LogP contribution in [0.2, 0.25) is 0 Å². The van der Waals surface area contributed by atoms with Crippen molar-refractivity contribution in [2.45, 2.75) is 44.6 Å².